The molecule has 5 nitrogen and oxygen atoms in total. The minimum atomic E-state index is -0.634. The Labute approximate surface area is 191 Å². The molecule has 0 aromatic heterocycles. The fourth-order valence-electron chi connectivity index (χ4n) is 2.75. The average molecular weight is 496 g/mol. The van der Waals surface area contributed by atoms with E-state index in [0.717, 1.165) is 17.5 Å². The molecule has 0 fully saturated rings. The number of halogens is 2. The summed E-state index contributed by atoms with van der Waals surface area (Å²) in [5.74, 6) is 0.0569. The van der Waals surface area contributed by atoms with E-state index in [1.807, 2.05) is 45.0 Å². The van der Waals surface area contributed by atoms with E-state index in [0.29, 0.717) is 21.8 Å². The van der Waals surface area contributed by atoms with Gasteiger partial charge in [-0.2, -0.15) is 0 Å². The lowest BCUT2D eigenvalue weighted by molar-refractivity contribution is -0.142. The summed E-state index contributed by atoms with van der Waals surface area (Å²) in [5, 5.41) is 3.52. The van der Waals surface area contributed by atoms with Crippen LogP contribution in [0, 0.1) is 6.92 Å². The molecule has 1 N–H and O–H groups in total. The van der Waals surface area contributed by atoms with Crippen LogP contribution in [0.5, 0.6) is 5.75 Å². The van der Waals surface area contributed by atoms with E-state index >= 15 is 0 Å². The van der Waals surface area contributed by atoms with Crippen molar-refractivity contribution >= 4 is 39.3 Å². The monoisotopic (exact) mass is 494 g/mol. The van der Waals surface area contributed by atoms with Gasteiger partial charge in [0.1, 0.15) is 11.8 Å². The quantitative estimate of drug-likeness (QED) is 0.525. The molecule has 2 unspecified atom stereocenters. The first-order valence-electron chi connectivity index (χ1n) is 9.94. The Morgan fingerprint density at radius 1 is 1.17 bits per heavy atom. The zero-order valence-corrected chi connectivity index (χ0v) is 20.1. The van der Waals surface area contributed by atoms with Gasteiger partial charge >= 0.3 is 0 Å². The van der Waals surface area contributed by atoms with Crippen LogP contribution in [0.25, 0.3) is 0 Å². The molecule has 0 aliphatic rings. The molecule has 2 aromatic carbocycles. The lowest BCUT2D eigenvalue weighted by Crippen LogP contribution is -2.50. The van der Waals surface area contributed by atoms with Crippen LogP contribution in [0.4, 0.5) is 0 Å². The van der Waals surface area contributed by atoms with Crippen molar-refractivity contribution in [2.24, 2.45) is 0 Å². The van der Waals surface area contributed by atoms with Crippen molar-refractivity contribution < 1.29 is 14.3 Å². The highest BCUT2D eigenvalue weighted by Gasteiger charge is 2.27. The molecule has 30 heavy (non-hydrogen) atoms. The summed E-state index contributed by atoms with van der Waals surface area (Å²) < 4.78 is 6.36. The standard InChI is InChI=1S/C23H28BrClN2O3/c1-5-16(3)26-23(29)17(4)27(13-18-8-6-15(2)7-9-18)22(28)14-30-21-11-10-19(25)12-20(21)24/h6-12,16-17H,5,13-14H2,1-4H3,(H,26,29). The van der Waals surface area contributed by atoms with Crippen LogP contribution in [0.1, 0.15) is 38.3 Å². The minimum Gasteiger partial charge on any atom is -0.483 e. The molecule has 0 saturated carbocycles. The molecule has 0 aliphatic heterocycles. The van der Waals surface area contributed by atoms with Crippen LogP contribution in [-0.2, 0) is 16.1 Å². The molecule has 162 valence electrons. The van der Waals surface area contributed by atoms with E-state index in [4.69, 9.17) is 16.3 Å². The predicted molar refractivity (Wildman–Crippen MR) is 124 cm³/mol. The van der Waals surface area contributed by atoms with Crippen LogP contribution in [-0.4, -0.2) is 35.4 Å². The van der Waals surface area contributed by atoms with E-state index in [2.05, 4.69) is 21.2 Å². The molecule has 0 aliphatic carbocycles. The van der Waals surface area contributed by atoms with E-state index in [9.17, 15) is 9.59 Å². The van der Waals surface area contributed by atoms with Gasteiger partial charge in [0.25, 0.3) is 5.91 Å². The van der Waals surface area contributed by atoms with Crippen molar-refractivity contribution in [1.29, 1.82) is 0 Å². The Balaban J connectivity index is 2.16. The number of rotatable bonds is 9. The van der Waals surface area contributed by atoms with Crippen molar-refractivity contribution in [2.75, 3.05) is 6.61 Å². The lowest BCUT2D eigenvalue weighted by atomic mass is 10.1. The Hall–Kier alpha value is -2.05. The first-order chi connectivity index (χ1) is 14.2. The fourth-order valence-corrected chi connectivity index (χ4v) is 3.55. The summed E-state index contributed by atoms with van der Waals surface area (Å²) in [6, 6.07) is 12.4. The van der Waals surface area contributed by atoms with Gasteiger partial charge in [-0.3, -0.25) is 9.59 Å². The van der Waals surface area contributed by atoms with E-state index in [1.54, 1.807) is 30.0 Å². The lowest BCUT2D eigenvalue weighted by Gasteiger charge is -2.29. The zero-order chi connectivity index (χ0) is 22.3. The van der Waals surface area contributed by atoms with Crippen LogP contribution >= 0.6 is 27.5 Å². The molecule has 2 amide bonds. The Kier molecular flexibility index (Phi) is 9.18. The molecule has 0 bridgehead atoms. The third-order valence-corrected chi connectivity index (χ3v) is 5.74. The third-order valence-electron chi connectivity index (χ3n) is 4.89. The Bertz CT molecular complexity index is 873. The van der Waals surface area contributed by atoms with Crippen LogP contribution < -0.4 is 10.1 Å². The number of benzene rings is 2. The number of hydrogen-bond donors (Lipinski definition) is 1. The Morgan fingerprint density at radius 3 is 2.43 bits per heavy atom. The number of amides is 2. The van der Waals surface area contributed by atoms with Crippen LogP contribution in [0.15, 0.2) is 46.9 Å². The molecule has 0 heterocycles. The van der Waals surface area contributed by atoms with Gasteiger partial charge in [-0.15, -0.1) is 0 Å². The second-order valence-electron chi connectivity index (χ2n) is 7.36. The maximum atomic E-state index is 13.0. The number of hydrogen-bond acceptors (Lipinski definition) is 3. The van der Waals surface area contributed by atoms with E-state index < -0.39 is 6.04 Å². The van der Waals surface area contributed by atoms with Crippen LogP contribution in [0.3, 0.4) is 0 Å². The first-order valence-corrected chi connectivity index (χ1v) is 11.1. The van der Waals surface area contributed by atoms with Gasteiger partial charge in [0, 0.05) is 17.6 Å². The number of aryl methyl sites for hydroxylation is 1. The number of nitrogens with one attached hydrogen (secondary N) is 1. The summed E-state index contributed by atoms with van der Waals surface area (Å²) in [7, 11) is 0. The van der Waals surface area contributed by atoms with Crippen molar-refractivity contribution in [3.8, 4) is 5.75 Å². The molecule has 0 saturated heterocycles. The van der Waals surface area contributed by atoms with Gasteiger partial charge in [-0.05, 0) is 66.9 Å². The van der Waals surface area contributed by atoms with Crippen molar-refractivity contribution in [3.63, 3.8) is 0 Å². The van der Waals surface area contributed by atoms with Gasteiger partial charge < -0.3 is 15.0 Å². The van der Waals surface area contributed by atoms with Gasteiger partial charge in [0.2, 0.25) is 5.91 Å². The summed E-state index contributed by atoms with van der Waals surface area (Å²) >= 11 is 9.34. The summed E-state index contributed by atoms with van der Waals surface area (Å²) in [6.45, 7) is 7.82. The van der Waals surface area contributed by atoms with E-state index in [1.165, 1.54) is 0 Å². The Morgan fingerprint density at radius 2 is 1.83 bits per heavy atom. The average Bonchev–Trinajstić information content (AvgIpc) is 2.71. The van der Waals surface area contributed by atoms with Gasteiger partial charge in [0.15, 0.2) is 6.61 Å². The van der Waals surface area contributed by atoms with E-state index in [-0.39, 0.29) is 24.5 Å². The molecular weight excluding hydrogens is 468 g/mol. The largest absolute Gasteiger partial charge is 0.483 e. The normalized spacial score (nSPS) is 12.7. The summed E-state index contributed by atoms with van der Waals surface area (Å²) in [5.41, 5.74) is 2.08. The fraction of sp³-hybridized carbons (Fsp3) is 0.391. The topological polar surface area (TPSA) is 58.6 Å². The second-order valence-corrected chi connectivity index (χ2v) is 8.66. The van der Waals surface area contributed by atoms with Crippen molar-refractivity contribution in [1.82, 2.24) is 10.2 Å². The third kappa shape index (κ3) is 7.03. The second kappa shape index (κ2) is 11.4. The molecule has 2 aromatic rings. The zero-order valence-electron chi connectivity index (χ0n) is 17.7. The highest BCUT2D eigenvalue weighted by atomic mass is 79.9. The van der Waals surface area contributed by atoms with Gasteiger partial charge in [-0.1, -0.05) is 48.4 Å². The summed E-state index contributed by atoms with van der Waals surface area (Å²) in [6.07, 6.45) is 0.818. The molecule has 7 heteroatoms. The smallest absolute Gasteiger partial charge is 0.261 e. The molecule has 2 rings (SSSR count). The van der Waals surface area contributed by atoms with Crippen LogP contribution in [0.2, 0.25) is 5.02 Å². The maximum Gasteiger partial charge on any atom is 0.261 e. The molecule has 0 radical (unpaired) electrons. The number of ether oxygens (including phenoxy) is 1. The SMILES string of the molecule is CCC(C)NC(=O)C(C)N(Cc1ccc(C)cc1)C(=O)COc1ccc(Cl)cc1Br. The number of carbonyl (C=O) groups is 2. The summed E-state index contributed by atoms with van der Waals surface area (Å²) in [4.78, 5) is 27.3. The predicted octanol–water partition coefficient (Wildman–Crippen LogP) is 5.12. The highest BCUT2D eigenvalue weighted by molar-refractivity contribution is 9.10. The molecular formula is C23H28BrClN2O3. The van der Waals surface area contributed by atoms with Gasteiger partial charge in [0.05, 0.1) is 4.47 Å². The maximum absolute atomic E-state index is 13.0. The first kappa shape index (κ1) is 24.2. The minimum absolute atomic E-state index is 0.0394. The number of nitrogens with zero attached hydrogens (tertiary/aromatic N) is 1. The molecule has 2 atom stereocenters. The molecule has 0 spiro atoms. The van der Waals surface area contributed by atoms with Crippen molar-refractivity contribution in [2.45, 2.75) is 52.7 Å². The highest BCUT2D eigenvalue weighted by Crippen LogP contribution is 2.28. The number of carbonyl (C=O) groups excluding carboxylic acids is 2. The van der Waals surface area contributed by atoms with Crippen molar-refractivity contribution in [3.05, 3.63) is 63.1 Å². The van der Waals surface area contributed by atoms with Gasteiger partial charge in [-0.25, -0.2) is 0 Å².